The molecule has 0 aliphatic rings. The molecule has 0 atom stereocenters. The summed E-state index contributed by atoms with van der Waals surface area (Å²) in [5.74, 6) is 0.0932. The highest BCUT2D eigenvalue weighted by Crippen LogP contribution is 2.06. The maximum Gasteiger partial charge on any atom is 0.273 e. The highest BCUT2D eigenvalue weighted by atomic mass is 35.5. The summed E-state index contributed by atoms with van der Waals surface area (Å²) in [5, 5.41) is 2.85. The third kappa shape index (κ3) is 2.32. The van der Waals surface area contributed by atoms with Crippen molar-refractivity contribution in [3.63, 3.8) is 0 Å². The van der Waals surface area contributed by atoms with E-state index in [0.29, 0.717) is 11.5 Å². The van der Waals surface area contributed by atoms with E-state index in [2.05, 4.69) is 20.3 Å². The molecule has 0 radical (unpaired) electrons. The minimum atomic E-state index is -0.267. The van der Waals surface area contributed by atoms with Crippen LogP contribution in [0, 0.1) is 0 Å². The number of aromatic nitrogens is 3. The van der Waals surface area contributed by atoms with E-state index in [1.807, 2.05) is 0 Å². The maximum atomic E-state index is 11.5. The Bertz CT molecular complexity index is 451. The summed E-state index contributed by atoms with van der Waals surface area (Å²) in [5.41, 5.74) is 0.465. The Balaban J connectivity index is 2.09. The number of carbonyl (C=O) groups excluding carboxylic acids is 1. The molecule has 0 aliphatic carbocycles. The van der Waals surface area contributed by atoms with Gasteiger partial charge in [0.1, 0.15) is 10.8 Å². The lowest BCUT2D eigenvalue weighted by molar-refractivity contribution is 0.102. The Kier molecular flexibility index (Phi) is 2.64. The SMILES string of the molecule is O=C(Nc1cnc(Cl)cn1)c1ccc[nH]1. The molecule has 0 saturated carbocycles. The van der Waals surface area contributed by atoms with Crippen LogP contribution in [0.4, 0.5) is 5.82 Å². The Hall–Kier alpha value is -1.88. The van der Waals surface area contributed by atoms with Crippen LogP contribution in [0.1, 0.15) is 10.5 Å². The Morgan fingerprint density at radius 2 is 2.27 bits per heavy atom. The van der Waals surface area contributed by atoms with Crippen LogP contribution in [0.25, 0.3) is 0 Å². The van der Waals surface area contributed by atoms with Crippen molar-refractivity contribution >= 4 is 23.3 Å². The van der Waals surface area contributed by atoms with Gasteiger partial charge in [0.15, 0.2) is 5.82 Å². The van der Waals surface area contributed by atoms with Crippen molar-refractivity contribution in [1.29, 1.82) is 0 Å². The molecule has 0 fully saturated rings. The van der Waals surface area contributed by atoms with Crippen molar-refractivity contribution in [2.45, 2.75) is 0 Å². The van der Waals surface area contributed by atoms with Crippen molar-refractivity contribution in [1.82, 2.24) is 15.0 Å². The molecule has 2 N–H and O–H groups in total. The first-order chi connectivity index (χ1) is 7.25. The van der Waals surface area contributed by atoms with Gasteiger partial charge in [0.25, 0.3) is 5.91 Å². The van der Waals surface area contributed by atoms with Gasteiger partial charge in [-0.2, -0.15) is 0 Å². The molecule has 2 aromatic heterocycles. The number of anilines is 1. The zero-order chi connectivity index (χ0) is 10.7. The van der Waals surface area contributed by atoms with Crippen LogP contribution in [0.5, 0.6) is 0 Å². The number of rotatable bonds is 2. The second-order valence-corrected chi connectivity index (χ2v) is 3.15. The summed E-state index contributed by atoms with van der Waals surface area (Å²) in [4.78, 5) is 22.0. The Morgan fingerprint density at radius 1 is 1.40 bits per heavy atom. The monoisotopic (exact) mass is 222 g/mol. The van der Waals surface area contributed by atoms with E-state index in [1.54, 1.807) is 18.3 Å². The molecular weight excluding hydrogens is 216 g/mol. The van der Waals surface area contributed by atoms with Gasteiger partial charge in [-0.3, -0.25) is 4.79 Å². The minimum Gasteiger partial charge on any atom is -0.357 e. The first-order valence-electron chi connectivity index (χ1n) is 4.18. The molecule has 6 heteroatoms. The molecule has 0 aromatic carbocycles. The summed E-state index contributed by atoms with van der Waals surface area (Å²) in [6.45, 7) is 0. The van der Waals surface area contributed by atoms with Crippen molar-refractivity contribution in [2.24, 2.45) is 0 Å². The quantitative estimate of drug-likeness (QED) is 0.813. The summed E-state index contributed by atoms with van der Waals surface area (Å²) >= 11 is 5.56. The summed E-state index contributed by atoms with van der Waals surface area (Å²) in [7, 11) is 0. The standard InChI is InChI=1S/C9H7ClN4O/c10-7-4-13-8(5-12-7)14-9(15)6-2-1-3-11-6/h1-5,11H,(H,13,14,15). The summed E-state index contributed by atoms with van der Waals surface area (Å²) < 4.78 is 0. The first kappa shape index (κ1) is 9.67. The molecule has 0 saturated heterocycles. The van der Waals surface area contributed by atoms with Gasteiger partial charge in [-0.1, -0.05) is 11.6 Å². The predicted octanol–water partition coefficient (Wildman–Crippen LogP) is 1.71. The Labute approximate surface area is 90.5 Å². The molecule has 2 aromatic rings. The van der Waals surface area contributed by atoms with E-state index in [-0.39, 0.29) is 11.1 Å². The smallest absolute Gasteiger partial charge is 0.273 e. The number of nitrogens with one attached hydrogen (secondary N) is 2. The van der Waals surface area contributed by atoms with Crippen molar-refractivity contribution in [3.05, 3.63) is 41.6 Å². The molecule has 0 unspecified atom stereocenters. The minimum absolute atomic E-state index is 0.267. The van der Waals surface area contributed by atoms with Crippen molar-refractivity contribution < 1.29 is 4.79 Å². The Morgan fingerprint density at radius 3 is 2.87 bits per heavy atom. The topological polar surface area (TPSA) is 70.7 Å². The fourth-order valence-electron chi connectivity index (χ4n) is 1.03. The van der Waals surface area contributed by atoms with Gasteiger partial charge in [-0.25, -0.2) is 9.97 Å². The number of H-pyrrole nitrogens is 1. The number of halogens is 1. The number of hydrogen-bond donors (Lipinski definition) is 2. The number of hydrogen-bond acceptors (Lipinski definition) is 3. The lowest BCUT2D eigenvalue weighted by atomic mass is 10.4. The zero-order valence-corrected chi connectivity index (χ0v) is 8.32. The van der Waals surface area contributed by atoms with Crippen LogP contribution in [-0.2, 0) is 0 Å². The van der Waals surface area contributed by atoms with Crippen LogP contribution in [0.2, 0.25) is 5.15 Å². The van der Waals surface area contributed by atoms with Gasteiger partial charge in [-0.15, -0.1) is 0 Å². The van der Waals surface area contributed by atoms with E-state index < -0.39 is 0 Å². The molecule has 0 spiro atoms. The van der Waals surface area contributed by atoms with Gasteiger partial charge in [0, 0.05) is 6.20 Å². The van der Waals surface area contributed by atoms with Crippen LogP contribution in [-0.4, -0.2) is 20.9 Å². The molecule has 0 bridgehead atoms. The average molecular weight is 223 g/mol. The largest absolute Gasteiger partial charge is 0.357 e. The molecule has 5 nitrogen and oxygen atoms in total. The second kappa shape index (κ2) is 4.10. The molecule has 15 heavy (non-hydrogen) atoms. The molecule has 76 valence electrons. The molecule has 2 heterocycles. The third-order valence-corrected chi connectivity index (χ3v) is 1.90. The van der Waals surface area contributed by atoms with Crippen LogP contribution in [0.15, 0.2) is 30.7 Å². The second-order valence-electron chi connectivity index (χ2n) is 2.76. The molecule has 0 aliphatic heterocycles. The first-order valence-corrected chi connectivity index (χ1v) is 4.56. The van der Waals surface area contributed by atoms with Crippen molar-refractivity contribution in [3.8, 4) is 0 Å². The highest BCUT2D eigenvalue weighted by molar-refractivity contribution is 6.29. The molecule has 2 rings (SSSR count). The van der Waals surface area contributed by atoms with Crippen LogP contribution >= 0.6 is 11.6 Å². The normalized spacial score (nSPS) is 9.93. The van der Waals surface area contributed by atoms with Gasteiger partial charge >= 0.3 is 0 Å². The van der Waals surface area contributed by atoms with E-state index in [4.69, 9.17) is 11.6 Å². The molecule has 1 amide bonds. The number of amides is 1. The lowest BCUT2D eigenvalue weighted by Crippen LogP contribution is -2.13. The maximum absolute atomic E-state index is 11.5. The average Bonchev–Trinajstić information content (AvgIpc) is 2.74. The van der Waals surface area contributed by atoms with Gasteiger partial charge < -0.3 is 10.3 Å². The van der Waals surface area contributed by atoms with Gasteiger partial charge in [-0.05, 0) is 12.1 Å². The zero-order valence-electron chi connectivity index (χ0n) is 7.57. The number of carbonyl (C=O) groups is 1. The predicted molar refractivity (Wildman–Crippen MR) is 55.8 cm³/mol. The third-order valence-electron chi connectivity index (χ3n) is 1.70. The van der Waals surface area contributed by atoms with Crippen LogP contribution < -0.4 is 5.32 Å². The van der Waals surface area contributed by atoms with Crippen LogP contribution in [0.3, 0.4) is 0 Å². The van der Waals surface area contributed by atoms with E-state index >= 15 is 0 Å². The lowest BCUT2D eigenvalue weighted by Gasteiger charge is -2.01. The molecular formula is C9H7ClN4O. The van der Waals surface area contributed by atoms with Gasteiger partial charge in [0.2, 0.25) is 0 Å². The summed E-state index contributed by atoms with van der Waals surface area (Å²) in [6, 6.07) is 3.40. The van der Waals surface area contributed by atoms with E-state index in [9.17, 15) is 4.79 Å². The van der Waals surface area contributed by atoms with E-state index in [1.165, 1.54) is 12.4 Å². The fourth-order valence-corrected chi connectivity index (χ4v) is 1.13. The van der Waals surface area contributed by atoms with Crippen molar-refractivity contribution in [2.75, 3.05) is 5.32 Å². The van der Waals surface area contributed by atoms with Gasteiger partial charge in [0.05, 0.1) is 12.4 Å². The number of nitrogens with zero attached hydrogens (tertiary/aromatic N) is 2. The van der Waals surface area contributed by atoms with E-state index in [0.717, 1.165) is 0 Å². The highest BCUT2D eigenvalue weighted by Gasteiger charge is 2.06. The number of aromatic amines is 1. The summed E-state index contributed by atoms with van der Waals surface area (Å²) in [6.07, 6.45) is 4.43. The fraction of sp³-hybridized carbons (Fsp3) is 0.